The maximum atomic E-state index is 13.5. The number of ether oxygens (including phenoxy) is 1. The topological polar surface area (TPSA) is 24.5 Å². The number of morpholine rings is 1. The molecule has 0 saturated carbocycles. The molecular formula is C14H19F3N2O. The lowest BCUT2D eigenvalue weighted by molar-refractivity contribution is 0.0343. The molecule has 0 aromatic heterocycles. The molecule has 112 valence electrons. The lowest BCUT2D eigenvalue weighted by atomic mass is 10.2. The highest BCUT2D eigenvalue weighted by Crippen LogP contribution is 2.15. The van der Waals surface area contributed by atoms with E-state index in [2.05, 4.69) is 10.2 Å². The van der Waals surface area contributed by atoms with Gasteiger partial charge in [0.25, 0.3) is 0 Å². The largest absolute Gasteiger partial charge is 0.379 e. The Bertz CT molecular complexity index is 450. The van der Waals surface area contributed by atoms with Crippen LogP contribution in [0.3, 0.4) is 0 Å². The molecule has 1 saturated heterocycles. The third-order valence-electron chi connectivity index (χ3n) is 3.39. The van der Waals surface area contributed by atoms with Crippen molar-refractivity contribution < 1.29 is 17.9 Å². The van der Waals surface area contributed by atoms with E-state index in [1.165, 1.54) is 6.07 Å². The third-order valence-corrected chi connectivity index (χ3v) is 3.39. The quantitative estimate of drug-likeness (QED) is 0.838. The molecule has 1 aliphatic rings. The van der Waals surface area contributed by atoms with Gasteiger partial charge >= 0.3 is 0 Å². The van der Waals surface area contributed by atoms with Gasteiger partial charge < -0.3 is 10.1 Å². The van der Waals surface area contributed by atoms with Gasteiger partial charge in [-0.05, 0) is 13.0 Å². The molecule has 1 fully saturated rings. The van der Waals surface area contributed by atoms with Crippen molar-refractivity contribution in [3.8, 4) is 0 Å². The monoisotopic (exact) mass is 288 g/mol. The predicted molar refractivity (Wildman–Crippen MR) is 69.9 cm³/mol. The zero-order chi connectivity index (χ0) is 14.5. The molecule has 0 aliphatic carbocycles. The van der Waals surface area contributed by atoms with Crippen molar-refractivity contribution in [1.29, 1.82) is 0 Å². The molecular weight excluding hydrogens is 269 g/mol. The highest BCUT2D eigenvalue weighted by molar-refractivity contribution is 5.20. The van der Waals surface area contributed by atoms with Gasteiger partial charge in [-0.2, -0.15) is 0 Å². The average Bonchev–Trinajstić information content (AvgIpc) is 2.45. The summed E-state index contributed by atoms with van der Waals surface area (Å²) in [6.07, 6.45) is 0. The first-order valence-electron chi connectivity index (χ1n) is 6.74. The molecule has 3 nitrogen and oxygen atoms in total. The van der Waals surface area contributed by atoms with Gasteiger partial charge in [-0.1, -0.05) is 6.07 Å². The van der Waals surface area contributed by atoms with Gasteiger partial charge in [0, 0.05) is 37.8 Å². The van der Waals surface area contributed by atoms with Crippen LogP contribution in [0.15, 0.2) is 12.1 Å². The summed E-state index contributed by atoms with van der Waals surface area (Å²) in [6.45, 7) is 6.18. The number of benzene rings is 1. The smallest absolute Gasteiger partial charge is 0.194 e. The summed E-state index contributed by atoms with van der Waals surface area (Å²) in [5.74, 6) is -3.69. The van der Waals surface area contributed by atoms with E-state index in [4.69, 9.17) is 4.74 Å². The van der Waals surface area contributed by atoms with Crippen molar-refractivity contribution in [2.24, 2.45) is 0 Å². The summed E-state index contributed by atoms with van der Waals surface area (Å²) < 4.78 is 44.7. The van der Waals surface area contributed by atoms with Crippen molar-refractivity contribution in [2.75, 3.05) is 32.8 Å². The molecule has 2 rings (SSSR count). The van der Waals surface area contributed by atoms with Gasteiger partial charge in [0.15, 0.2) is 17.5 Å². The molecule has 1 aromatic rings. The van der Waals surface area contributed by atoms with E-state index in [-0.39, 0.29) is 18.2 Å². The van der Waals surface area contributed by atoms with Crippen LogP contribution < -0.4 is 5.32 Å². The van der Waals surface area contributed by atoms with Crippen LogP contribution in [0.5, 0.6) is 0 Å². The second-order valence-electron chi connectivity index (χ2n) is 5.03. The Balaban J connectivity index is 1.83. The lowest BCUT2D eigenvalue weighted by Gasteiger charge is -2.29. The first kappa shape index (κ1) is 15.3. The fourth-order valence-corrected chi connectivity index (χ4v) is 2.22. The maximum Gasteiger partial charge on any atom is 0.194 e. The summed E-state index contributed by atoms with van der Waals surface area (Å²) >= 11 is 0. The van der Waals surface area contributed by atoms with Crippen molar-refractivity contribution in [1.82, 2.24) is 10.2 Å². The number of hydrogen-bond acceptors (Lipinski definition) is 3. The fraction of sp³-hybridized carbons (Fsp3) is 0.571. The minimum Gasteiger partial charge on any atom is -0.379 e. The first-order chi connectivity index (χ1) is 9.58. The summed E-state index contributed by atoms with van der Waals surface area (Å²) in [5.41, 5.74) is 0.137. The van der Waals surface area contributed by atoms with Gasteiger partial charge in [0.05, 0.1) is 13.2 Å². The van der Waals surface area contributed by atoms with E-state index in [1.807, 2.05) is 6.92 Å². The standard InChI is InChI=1S/C14H19F3N2O/c1-10(9-19-4-6-20-7-5-19)18-8-11-2-3-12(15)14(17)13(11)16/h2-3,10,18H,4-9H2,1H3. The van der Waals surface area contributed by atoms with Crippen molar-refractivity contribution >= 4 is 0 Å². The van der Waals surface area contributed by atoms with Crippen LogP contribution in [0.1, 0.15) is 12.5 Å². The Morgan fingerprint density at radius 3 is 2.60 bits per heavy atom. The normalized spacial score (nSPS) is 18.2. The summed E-state index contributed by atoms with van der Waals surface area (Å²) in [7, 11) is 0. The van der Waals surface area contributed by atoms with Gasteiger partial charge in [0.2, 0.25) is 0 Å². The number of hydrogen-bond donors (Lipinski definition) is 1. The van der Waals surface area contributed by atoms with E-state index < -0.39 is 17.5 Å². The Morgan fingerprint density at radius 1 is 1.20 bits per heavy atom. The maximum absolute atomic E-state index is 13.5. The molecule has 0 spiro atoms. The van der Waals surface area contributed by atoms with E-state index in [9.17, 15) is 13.2 Å². The molecule has 1 aliphatic heterocycles. The number of halogens is 3. The van der Waals surface area contributed by atoms with E-state index in [0.29, 0.717) is 0 Å². The van der Waals surface area contributed by atoms with Crippen LogP contribution in [0.25, 0.3) is 0 Å². The molecule has 1 unspecified atom stereocenters. The molecule has 0 bridgehead atoms. The van der Waals surface area contributed by atoms with Gasteiger partial charge in [-0.15, -0.1) is 0 Å². The second kappa shape index (κ2) is 7.06. The minimum absolute atomic E-state index is 0.126. The minimum atomic E-state index is -1.41. The Kier molecular flexibility index (Phi) is 5.39. The Labute approximate surface area is 116 Å². The van der Waals surface area contributed by atoms with Crippen LogP contribution in [-0.4, -0.2) is 43.8 Å². The van der Waals surface area contributed by atoms with E-state index in [0.717, 1.165) is 38.9 Å². The number of nitrogens with zero attached hydrogens (tertiary/aromatic N) is 1. The molecule has 1 N–H and O–H groups in total. The average molecular weight is 288 g/mol. The van der Waals surface area contributed by atoms with Crippen LogP contribution in [-0.2, 0) is 11.3 Å². The zero-order valence-electron chi connectivity index (χ0n) is 11.5. The van der Waals surface area contributed by atoms with Gasteiger partial charge in [-0.3, -0.25) is 4.90 Å². The van der Waals surface area contributed by atoms with E-state index in [1.54, 1.807) is 0 Å². The molecule has 0 amide bonds. The van der Waals surface area contributed by atoms with Crippen LogP contribution in [0.4, 0.5) is 13.2 Å². The first-order valence-corrected chi connectivity index (χ1v) is 6.74. The molecule has 0 radical (unpaired) electrons. The Hall–Kier alpha value is -1.11. The van der Waals surface area contributed by atoms with Gasteiger partial charge in [0.1, 0.15) is 0 Å². The Morgan fingerprint density at radius 2 is 1.90 bits per heavy atom. The third kappa shape index (κ3) is 3.94. The molecule has 1 heterocycles. The summed E-state index contributed by atoms with van der Waals surface area (Å²) in [6, 6.07) is 2.34. The van der Waals surface area contributed by atoms with Crippen molar-refractivity contribution in [3.05, 3.63) is 35.1 Å². The van der Waals surface area contributed by atoms with Crippen LogP contribution in [0, 0.1) is 17.5 Å². The molecule has 1 atom stereocenters. The molecule has 1 aromatic carbocycles. The molecule has 6 heteroatoms. The highest BCUT2D eigenvalue weighted by Gasteiger charge is 2.16. The van der Waals surface area contributed by atoms with E-state index >= 15 is 0 Å². The van der Waals surface area contributed by atoms with Gasteiger partial charge in [-0.25, -0.2) is 13.2 Å². The summed E-state index contributed by atoms with van der Waals surface area (Å²) in [4.78, 5) is 2.25. The molecule has 20 heavy (non-hydrogen) atoms. The second-order valence-corrected chi connectivity index (χ2v) is 5.03. The van der Waals surface area contributed by atoms with Crippen molar-refractivity contribution in [3.63, 3.8) is 0 Å². The zero-order valence-corrected chi connectivity index (χ0v) is 11.5. The summed E-state index contributed by atoms with van der Waals surface area (Å²) in [5, 5.41) is 3.12. The fourth-order valence-electron chi connectivity index (χ4n) is 2.22. The number of nitrogens with one attached hydrogen (secondary N) is 1. The lowest BCUT2D eigenvalue weighted by Crippen LogP contribution is -2.44. The van der Waals surface area contributed by atoms with Crippen LogP contribution >= 0.6 is 0 Å². The number of rotatable bonds is 5. The van der Waals surface area contributed by atoms with Crippen molar-refractivity contribution in [2.45, 2.75) is 19.5 Å². The van der Waals surface area contributed by atoms with Crippen LogP contribution in [0.2, 0.25) is 0 Å². The highest BCUT2D eigenvalue weighted by atomic mass is 19.2. The SMILES string of the molecule is CC(CN1CCOCC1)NCc1ccc(F)c(F)c1F. The predicted octanol–water partition coefficient (Wildman–Crippen LogP) is 1.91.